The Morgan fingerprint density at radius 3 is 2.41 bits per heavy atom. The Kier molecular flexibility index (Phi) is 6.10. The van der Waals surface area contributed by atoms with E-state index in [4.69, 9.17) is 5.73 Å². The molecule has 6 nitrogen and oxygen atoms in total. The minimum Gasteiger partial charge on any atom is -0.325 e. The summed E-state index contributed by atoms with van der Waals surface area (Å²) in [6.07, 6.45) is 0.570. The second kappa shape index (κ2) is 7.21. The van der Waals surface area contributed by atoms with E-state index in [0.717, 1.165) is 4.31 Å². The van der Waals surface area contributed by atoms with Crippen LogP contribution in [0.2, 0.25) is 0 Å². The van der Waals surface area contributed by atoms with Crippen LogP contribution in [-0.4, -0.2) is 38.8 Å². The Bertz CT molecular complexity index is 639. The number of carbonyl (C=O) groups excluding carboxylic acids is 1. The van der Waals surface area contributed by atoms with E-state index in [0.29, 0.717) is 23.6 Å². The Hall–Kier alpha value is -1.44. The summed E-state index contributed by atoms with van der Waals surface area (Å²) in [5.74, 6) is -0.00537. The minimum absolute atomic E-state index is 0.174. The number of benzene rings is 1. The molecule has 7 heteroatoms. The minimum atomic E-state index is -3.55. The maximum absolute atomic E-state index is 12.3. The SMILES string of the molecule is Cc1ccc(NC(=O)[C@@H](N)CC(C)C)cc1S(=O)(=O)N(C)C. The van der Waals surface area contributed by atoms with Gasteiger partial charge in [-0.3, -0.25) is 4.79 Å². The van der Waals surface area contributed by atoms with E-state index in [1.165, 1.54) is 20.2 Å². The molecule has 0 bridgehead atoms. The van der Waals surface area contributed by atoms with Gasteiger partial charge in [0.15, 0.2) is 0 Å². The molecule has 0 aromatic heterocycles. The van der Waals surface area contributed by atoms with Crippen molar-refractivity contribution < 1.29 is 13.2 Å². The second-order valence-electron chi connectivity index (χ2n) is 5.99. The number of sulfonamides is 1. The first-order chi connectivity index (χ1) is 10.1. The van der Waals surface area contributed by atoms with Crippen LogP contribution in [0.25, 0.3) is 0 Å². The summed E-state index contributed by atoms with van der Waals surface area (Å²) in [7, 11) is -0.613. The van der Waals surface area contributed by atoms with Crippen molar-refractivity contribution in [3.8, 4) is 0 Å². The van der Waals surface area contributed by atoms with Gasteiger partial charge in [-0.2, -0.15) is 0 Å². The number of hydrogen-bond acceptors (Lipinski definition) is 4. The molecular formula is C15H25N3O3S. The summed E-state index contributed by atoms with van der Waals surface area (Å²) in [4.78, 5) is 12.2. The molecule has 22 heavy (non-hydrogen) atoms. The molecule has 0 aliphatic rings. The molecule has 0 spiro atoms. The fraction of sp³-hybridized carbons (Fsp3) is 0.533. The highest BCUT2D eigenvalue weighted by Crippen LogP contribution is 2.22. The van der Waals surface area contributed by atoms with Gasteiger partial charge in [-0.15, -0.1) is 0 Å². The molecule has 0 heterocycles. The van der Waals surface area contributed by atoms with Gasteiger partial charge in [-0.05, 0) is 37.0 Å². The lowest BCUT2D eigenvalue weighted by molar-refractivity contribution is -0.117. The Labute approximate surface area is 132 Å². The summed E-state index contributed by atoms with van der Waals surface area (Å²) >= 11 is 0. The lowest BCUT2D eigenvalue weighted by Gasteiger charge is -2.17. The van der Waals surface area contributed by atoms with Crippen LogP contribution in [0.5, 0.6) is 0 Å². The van der Waals surface area contributed by atoms with Crippen LogP contribution < -0.4 is 11.1 Å². The van der Waals surface area contributed by atoms with E-state index in [2.05, 4.69) is 5.32 Å². The van der Waals surface area contributed by atoms with Crippen LogP contribution >= 0.6 is 0 Å². The van der Waals surface area contributed by atoms with Crippen molar-refractivity contribution in [2.75, 3.05) is 19.4 Å². The molecule has 1 aromatic carbocycles. The molecule has 0 unspecified atom stereocenters. The molecule has 0 saturated carbocycles. The lowest BCUT2D eigenvalue weighted by Crippen LogP contribution is -2.36. The van der Waals surface area contributed by atoms with Gasteiger partial charge in [0.25, 0.3) is 0 Å². The first-order valence-electron chi connectivity index (χ1n) is 7.15. The largest absolute Gasteiger partial charge is 0.325 e. The molecule has 0 aliphatic heterocycles. The van der Waals surface area contributed by atoms with E-state index < -0.39 is 16.1 Å². The molecule has 1 aromatic rings. The predicted octanol–water partition coefficient (Wildman–Crippen LogP) is 1.56. The zero-order valence-electron chi connectivity index (χ0n) is 13.8. The van der Waals surface area contributed by atoms with E-state index in [-0.39, 0.29) is 10.8 Å². The van der Waals surface area contributed by atoms with Gasteiger partial charge in [-0.25, -0.2) is 12.7 Å². The van der Waals surface area contributed by atoms with Crippen molar-refractivity contribution in [2.45, 2.75) is 38.1 Å². The van der Waals surface area contributed by atoms with E-state index in [1.807, 2.05) is 13.8 Å². The smallest absolute Gasteiger partial charge is 0.242 e. The van der Waals surface area contributed by atoms with Crippen molar-refractivity contribution in [1.82, 2.24) is 4.31 Å². The normalized spacial score (nSPS) is 13.5. The monoisotopic (exact) mass is 327 g/mol. The number of anilines is 1. The standard InChI is InChI=1S/C15H25N3O3S/c1-10(2)8-13(16)15(19)17-12-7-6-11(3)14(9-12)22(20,21)18(4)5/h6-7,9-10,13H,8,16H2,1-5H3,(H,17,19)/t13-/m0/s1. The van der Waals surface area contributed by atoms with Crippen molar-refractivity contribution in [1.29, 1.82) is 0 Å². The maximum atomic E-state index is 12.3. The van der Waals surface area contributed by atoms with Crippen LogP contribution in [0.15, 0.2) is 23.1 Å². The van der Waals surface area contributed by atoms with Gasteiger partial charge < -0.3 is 11.1 Å². The van der Waals surface area contributed by atoms with Gasteiger partial charge in [0.05, 0.1) is 10.9 Å². The van der Waals surface area contributed by atoms with E-state index in [1.54, 1.807) is 19.1 Å². The molecule has 1 rings (SSSR count). The molecular weight excluding hydrogens is 302 g/mol. The Morgan fingerprint density at radius 2 is 1.91 bits per heavy atom. The third-order valence-electron chi connectivity index (χ3n) is 3.28. The van der Waals surface area contributed by atoms with Crippen LogP contribution in [0.4, 0.5) is 5.69 Å². The Morgan fingerprint density at radius 1 is 1.32 bits per heavy atom. The number of rotatable bonds is 6. The molecule has 3 N–H and O–H groups in total. The molecule has 0 fully saturated rings. The molecule has 1 amide bonds. The average Bonchev–Trinajstić information content (AvgIpc) is 2.39. The van der Waals surface area contributed by atoms with Gasteiger partial charge in [0, 0.05) is 19.8 Å². The topological polar surface area (TPSA) is 92.5 Å². The van der Waals surface area contributed by atoms with Crippen molar-refractivity contribution >= 4 is 21.6 Å². The molecule has 124 valence electrons. The maximum Gasteiger partial charge on any atom is 0.242 e. The van der Waals surface area contributed by atoms with Gasteiger partial charge >= 0.3 is 0 Å². The van der Waals surface area contributed by atoms with Crippen molar-refractivity contribution in [3.05, 3.63) is 23.8 Å². The first kappa shape index (κ1) is 18.6. The number of hydrogen-bond donors (Lipinski definition) is 2. The molecule has 1 atom stereocenters. The molecule has 0 saturated heterocycles. The van der Waals surface area contributed by atoms with Crippen LogP contribution in [0.3, 0.4) is 0 Å². The summed E-state index contributed by atoms with van der Waals surface area (Å²) in [5, 5.41) is 2.68. The summed E-state index contributed by atoms with van der Waals surface area (Å²) in [6, 6.07) is 4.18. The Balaban J connectivity index is 3.02. The molecule has 0 aliphatic carbocycles. The van der Waals surface area contributed by atoms with Gasteiger partial charge in [0.2, 0.25) is 15.9 Å². The number of nitrogens with two attached hydrogens (primary N) is 1. The highest BCUT2D eigenvalue weighted by Gasteiger charge is 2.21. The number of carbonyl (C=O) groups is 1. The number of nitrogens with zero attached hydrogens (tertiary/aromatic N) is 1. The van der Waals surface area contributed by atoms with Crippen molar-refractivity contribution in [3.63, 3.8) is 0 Å². The van der Waals surface area contributed by atoms with Crippen LogP contribution in [0, 0.1) is 12.8 Å². The van der Waals surface area contributed by atoms with Gasteiger partial charge in [-0.1, -0.05) is 19.9 Å². The third-order valence-corrected chi connectivity index (χ3v) is 5.23. The van der Waals surface area contributed by atoms with Gasteiger partial charge in [0.1, 0.15) is 0 Å². The van der Waals surface area contributed by atoms with Crippen LogP contribution in [-0.2, 0) is 14.8 Å². The lowest BCUT2D eigenvalue weighted by atomic mass is 10.0. The second-order valence-corrected chi connectivity index (χ2v) is 8.11. The van der Waals surface area contributed by atoms with E-state index in [9.17, 15) is 13.2 Å². The fourth-order valence-corrected chi connectivity index (χ4v) is 3.15. The highest BCUT2D eigenvalue weighted by atomic mass is 32.2. The number of aryl methyl sites for hydroxylation is 1. The highest BCUT2D eigenvalue weighted by molar-refractivity contribution is 7.89. The summed E-state index contributed by atoms with van der Waals surface area (Å²) in [5.41, 5.74) is 6.88. The fourth-order valence-electron chi connectivity index (χ4n) is 2.00. The summed E-state index contributed by atoms with van der Waals surface area (Å²) in [6.45, 7) is 5.69. The van der Waals surface area contributed by atoms with E-state index >= 15 is 0 Å². The zero-order valence-corrected chi connectivity index (χ0v) is 14.6. The quantitative estimate of drug-likeness (QED) is 0.829. The van der Waals surface area contributed by atoms with Crippen molar-refractivity contribution in [2.24, 2.45) is 11.7 Å². The molecule has 0 radical (unpaired) electrons. The third kappa shape index (κ3) is 4.53. The number of nitrogens with one attached hydrogen (secondary N) is 1. The average molecular weight is 327 g/mol. The summed E-state index contributed by atoms with van der Waals surface area (Å²) < 4.78 is 25.7. The first-order valence-corrected chi connectivity index (χ1v) is 8.59. The predicted molar refractivity (Wildman–Crippen MR) is 88.1 cm³/mol. The number of amides is 1. The van der Waals surface area contributed by atoms with Crippen LogP contribution in [0.1, 0.15) is 25.8 Å². The zero-order chi connectivity index (χ0) is 17.1.